The topological polar surface area (TPSA) is 165 Å². The number of hydrogen-bond acceptors (Lipinski definition) is 12. The van der Waals surface area contributed by atoms with Crippen LogP contribution in [0.1, 0.15) is 79.5 Å². The second-order valence-corrected chi connectivity index (χ2v) is 27.3. The van der Waals surface area contributed by atoms with Gasteiger partial charge in [0.15, 0.2) is 10.3 Å². The Labute approximate surface area is 489 Å². The molecule has 10 rings (SSSR count). The van der Waals surface area contributed by atoms with Gasteiger partial charge in [0.05, 0.1) is 38.6 Å². The molecule has 0 saturated carbocycles. The van der Waals surface area contributed by atoms with Crippen LogP contribution in [-0.2, 0) is 55.6 Å². The molecule has 0 aliphatic carbocycles. The second-order valence-electron chi connectivity index (χ2n) is 21.5. The Bertz CT molecular complexity index is 3810. The van der Waals surface area contributed by atoms with E-state index in [0.717, 1.165) is 83.5 Å². The molecule has 0 saturated heterocycles. The number of rotatable bonds is 22. The smallest absolute Gasteiger partial charge is 0.305 e. The number of anilines is 2. The second kappa shape index (κ2) is 25.6. The Hall–Kier alpha value is -7.70. The summed E-state index contributed by atoms with van der Waals surface area (Å²) in [6, 6.07) is 49.2. The van der Waals surface area contributed by atoms with Gasteiger partial charge in [-0.3, -0.25) is 9.59 Å². The average molecular weight is 1170 g/mol. The summed E-state index contributed by atoms with van der Waals surface area (Å²) in [5.41, 5.74) is 9.09. The third kappa shape index (κ3) is 14.0. The minimum Gasteiger partial charge on any atom is -0.481 e. The number of aromatic nitrogens is 4. The van der Waals surface area contributed by atoms with E-state index in [0.29, 0.717) is 55.5 Å². The fourth-order valence-corrected chi connectivity index (χ4v) is 15.0. The summed E-state index contributed by atoms with van der Waals surface area (Å²) in [7, 11) is -7.46. The molecule has 10 aromatic rings. The molecule has 82 heavy (non-hydrogen) atoms. The lowest BCUT2D eigenvalue weighted by Crippen LogP contribution is -2.25. The van der Waals surface area contributed by atoms with Crippen molar-refractivity contribution in [1.29, 1.82) is 0 Å². The number of aliphatic carboxylic acids is 1. The van der Waals surface area contributed by atoms with Gasteiger partial charge in [0.25, 0.3) is 20.0 Å². The summed E-state index contributed by atoms with van der Waals surface area (Å²) in [6.07, 6.45) is 5.38. The van der Waals surface area contributed by atoms with Crippen molar-refractivity contribution in [2.75, 3.05) is 22.9 Å². The molecule has 0 unspecified atom stereocenters. The number of carboxylic acid groups (broad SMARTS) is 1. The van der Waals surface area contributed by atoms with Gasteiger partial charge in [-0.2, -0.15) is 0 Å². The van der Waals surface area contributed by atoms with E-state index in [2.05, 4.69) is 44.7 Å². The molecule has 6 aromatic carbocycles. The van der Waals surface area contributed by atoms with Crippen LogP contribution in [-0.4, -0.2) is 64.7 Å². The van der Waals surface area contributed by atoms with Crippen molar-refractivity contribution in [3.63, 3.8) is 0 Å². The van der Waals surface area contributed by atoms with Crippen molar-refractivity contribution in [1.82, 2.24) is 17.9 Å². The monoisotopic (exact) mass is 1170 g/mol. The van der Waals surface area contributed by atoms with Gasteiger partial charge in [0, 0.05) is 76.6 Å². The summed E-state index contributed by atoms with van der Waals surface area (Å²) in [5, 5.41) is 12.7. The molecule has 13 nitrogen and oxygen atoms in total. The number of hydrogen-bond donors (Lipinski definition) is 1. The van der Waals surface area contributed by atoms with E-state index in [1.54, 1.807) is 78.4 Å². The number of carbonyl (C=O) groups excluding carboxylic acids is 1. The first-order valence-electron chi connectivity index (χ1n) is 27.4. The van der Waals surface area contributed by atoms with Crippen molar-refractivity contribution in [3.05, 3.63) is 202 Å². The summed E-state index contributed by atoms with van der Waals surface area (Å²) in [5.74, 6) is 0.134. The first-order chi connectivity index (χ1) is 39.2. The highest BCUT2D eigenvalue weighted by Crippen LogP contribution is 2.39. The lowest BCUT2D eigenvalue weighted by atomic mass is 10.0. The SMILES string of the molecule is CC(=O)CCN(Cc1ccccc1)c1nc(-c2ccc3c(ccn3S(=O)(=O)c3ccc(C)cc3)c2)c(CC(C)C)s1.Cc1ccc(S(=O)(=O)n2ccc3cc(-c4nc(N(CCC(=O)O)Cc5ccccc5)sc4CC(C)C)ccc32)cc1. The van der Waals surface area contributed by atoms with Gasteiger partial charge < -0.3 is 14.9 Å². The molecule has 0 amide bonds. The molecule has 4 heterocycles. The number of thiazole rings is 2. The third-order valence-corrected chi connectivity index (χ3v) is 19.6. The summed E-state index contributed by atoms with van der Waals surface area (Å²) >= 11 is 3.27. The van der Waals surface area contributed by atoms with Gasteiger partial charge in [-0.15, -0.1) is 22.7 Å². The highest BCUT2D eigenvalue weighted by atomic mass is 32.2. The van der Waals surface area contributed by atoms with Gasteiger partial charge >= 0.3 is 5.97 Å². The zero-order valence-corrected chi connectivity index (χ0v) is 50.5. The zero-order valence-electron chi connectivity index (χ0n) is 47.2. The Balaban J connectivity index is 0.000000198. The maximum Gasteiger partial charge on any atom is 0.305 e. The van der Waals surface area contributed by atoms with E-state index in [1.807, 2.05) is 128 Å². The molecule has 0 bridgehead atoms. The molecule has 424 valence electrons. The van der Waals surface area contributed by atoms with Crippen molar-refractivity contribution in [2.45, 2.75) is 97.0 Å². The van der Waals surface area contributed by atoms with E-state index in [1.165, 1.54) is 12.8 Å². The number of carboxylic acids is 1. The Morgan fingerprint density at radius 1 is 0.537 bits per heavy atom. The predicted molar refractivity (Wildman–Crippen MR) is 333 cm³/mol. The molecule has 4 aromatic heterocycles. The van der Waals surface area contributed by atoms with Crippen molar-refractivity contribution >= 4 is 86.5 Å². The van der Waals surface area contributed by atoms with E-state index in [9.17, 15) is 31.5 Å². The van der Waals surface area contributed by atoms with E-state index in [-0.39, 0.29) is 22.0 Å². The summed E-state index contributed by atoms with van der Waals surface area (Å²) in [4.78, 5) is 40.5. The Kier molecular flexibility index (Phi) is 18.4. The maximum atomic E-state index is 13.4. The number of ketones is 1. The first-order valence-corrected chi connectivity index (χ1v) is 31.9. The summed E-state index contributed by atoms with van der Waals surface area (Å²) in [6.45, 7) is 16.4. The van der Waals surface area contributed by atoms with Gasteiger partial charge in [-0.25, -0.2) is 34.7 Å². The molecule has 0 radical (unpaired) electrons. The van der Waals surface area contributed by atoms with Crippen LogP contribution in [0.4, 0.5) is 10.3 Å². The van der Waals surface area contributed by atoms with Crippen molar-refractivity contribution < 1.29 is 31.5 Å². The van der Waals surface area contributed by atoms with Crippen LogP contribution >= 0.6 is 22.7 Å². The van der Waals surface area contributed by atoms with Gasteiger partial charge in [0.2, 0.25) is 0 Å². The number of Topliss-reactive ketones (excluding diaryl/α,β-unsaturated/α-hetero) is 1. The van der Waals surface area contributed by atoms with E-state index >= 15 is 0 Å². The van der Waals surface area contributed by atoms with Crippen molar-refractivity contribution in [2.24, 2.45) is 11.8 Å². The zero-order chi connectivity index (χ0) is 58.3. The van der Waals surface area contributed by atoms with Crippen LogP contribution in [0, 0.1) is 25.7 Å². The number of fused-ring (bicyclic) bond motifs is 2. The van der Waals surface area contributed by atoms with E-state index < -0.39 is 26.0 Å². The normalized spacial score (nSPS) is 11.8. The highest BCUT2D eigenvalue weighted by Gasteiger charge is 2.25. The predicted octanol–water partition coefficient (Wildman–Crippen LogP) is 14.5. The molecule has 0 aliphatic rings. The average Bonchev–Trinajstić information content (AvgIpc) is 4.35. The molecule has 1 N–H and O–H groups in total. The summed E-state index contributed by atoms with van der Waals surface area (Å²) < 4.78 is 56.3. The Morgan fingerprint density at radius 3 is 1.29 bits per heavy atom. The quantitative estimate of drug-likeness (QED) is 0.0686. The van der Waals surface area contributed by atoms with Gasteiger partial charge in [-0.05, 0) is 117 Å². The molecule has 0 fully saturated rings. The molecule has 0 spiro atoms. The van der Waals surface area contributed by atoms with Crippen LogP contribution in [0.5, 0.6) is 0 Å². The standard InChI is InChI=1S/C33H35N3O3S2.C32H33N3O4S2/c1-23(2)20-31-32(34-33(40-31)35(18-16-25(4)37)22-26-8-6-5-7-9-26)28-12-15-30-27(21-28)17-19-36(30)41(38,39)29-13-10-24(3)11-14-29;1-22(2)19-29-31(33-32(40-29)34(17-16-30(36)37)21-24-7-5-4-6-8-24)26-11-14-28-25(20-26)15-18-35(28)41(38,39)27-12-9-23(3)10-13-27/h5-15,17,19,21,23H,16,18,20,22H2,1-4H3;4-15,18,20,22H,16-17,19,21H2,1-3H3,(H,36,37). The molecule has 0 aliphatic heterocycles. The fraction of sp³-hybridized carbons (Fsp3) is 0.262. The maximum absolute atomic E-state index is 13.4. The lowest BCUT2D eigenvalue weighted by molar-refractivity contribution is -0.136. The minimum atomic E-state index is -3.74. The van der Waals surface area contributed by atoms with Gasteiger partial charge in [0.1, 0.15) is 5.78 Å². The van der Waals surface area contributed by atoms with Crippen LogP contribution in [0.25, 0.3) is 44.3 Å². The van der Waals surface area contributed by atoms with E-state index in [4.69, 9.17) is 9.97 Å². The third-order valence-electron chi connectivity index (χ3n) is 13.9. The molecular weight excluding hydrogens is 1110 g/mol. The molecule has 0 atom stereocenters. The number of aryl methyl sites for hydroxylation is 2. The lowest BCUT2D eigenvalue weighted by Gasteiger charge is -2.21. The highest BCUT2D eigenvalue weighted by molar-refractivity contribution is 7.90. The first kappa shape index (κ1) is 58.9. The fourth-order valence-electron chi connectivity index (χ4n) is 9.63. The Morgan fingerprint density at radius 2 is 0.927 bits per heavy atom. The largest absolute Gasteiger partial charge is 0.481 e. The van der Waals surface area contributed by atoms with Crippen LogP contribution in [0.3, 0.4) is 0 Å². The number of carbonyl (C=O) groups is 2. The molecular formula is C65H68N6O7S4. The van der Waals surface area contributed by atoms with Crippen LogP contribution in [0.15, 0.2) is 180 Å². The number of benzene rings is 6. The van der Waals surface area contributed by atoms with Gasteiger partial charge in [-0.1, -0.05) is 136 Å². The van der Waals surface area contributed by atoms with Crippen LogP contribution < -0.4 is 9.80 Å². The minimum absolute atomic E-state index is 0.0101. The molecule has 17 heteroatoms. The van der Waals surface area contributed by atoms with Crippen LogP contribution in [0.2, 0.25) is 0 Å². The number of nitrogens with zero attached hydrogens (tertiary/aromatic N) is 6. The van der Waals surface area contributed by atoms with Crippen molar-refractivity contribution in [3.8, 4) is 22.5 Å².